The van der Waals surface area contributed by atoms with Gasteiger partial charge in [0.2, 0.25) is 0 Å². The van der Waals surface area contributed by atoms with Gasteiger partial charge in [0.15, 0.2) is 0 Å². The minimum atomic E-state index is -0.0822. The van der Waals surface area contributed by atoms with Gasteiger partial charge in [-0.05, 0) is 37.6 Å². The average molecular weight is 243 g/mol. The quantitative estimate of drug-likeness (QED) is 0.752. The van der Waals surface area contributed by atoms with Crippen molar-refractivity contribution >= 4 is 0 Å². The number of nitrogens with one attached hydrogen (secondary N) is 1. The van der Waals surface area contributed by atoms with Crippen LogP contribution in [-0.2, 0) is 4.74 Å². The number of hydrogen-bond acceptors (Lipinski definition) is 3. The predicted octanol–water partition coefficient (Wildman–Crippen LogP) is 2.33. The lowest BCUT2D eigenvalue weighted by molar-refractivity contribution is 0.0331. The van der Waals surface area contributed by atoms with E-state index in [1.54, 1.807) is 0 Å². The Morgan fingerprint density at radius 1 is 1.41 bits per heavy atom. The van der Waals surface area contributed by atoms with Gasteiger partial charge in [-0.25, -0.2) is 0 Å². The van der Waals surface area contributed by atoms with Gasteiger partial charge in [0, 0.05) is 12.1 Å². The molecule has 0 aliphatic heterocycles. The third-order valence-electron chi connectivity index (χ3n) is 3.62. The SMILES string of the molecule is CCNC1(CO)CCC(OCCC(C)(C)C)C1. The maximum Gasteiger partial charge on any atom is 0.0614 e. The van der Waals surface area contributed by atoms with E-state index in [0.29, 0.717) is 11.5 Å². The lowest BCUT2D eigenvalue weighted by Crippen LogP contribution is -2.46. The molecule has 0 spiro atoms. The standard InChI is InChI=1S/C14H29NO2/c1-5-15-14(11-16)7-6-12(10-14)17-9-8-13(2,3)4/h12,15-16H,5-11H2,1-4H3. The van der Waals surface area contributed by atoms with E-state index in [0.717, 1.165) is 38.8 Å². The molecule has 0 aromatic rings. The summed E-state index contributed by atoms with van der Waals surface area (Å²) in [5.41, 5.74) is 0.259. The van der Waals surface area contributed by atoms with Crippen molar-refractivity contribution in [3.05, 3.63) is 0 Å². The zero-order chi connectivity index (χ0) is 12.9. The van der Waals surface area contributed by atoms with Crippen LogP contribution in [0.2, 0.25) is 0 Å². The highest BCUT2D eigenvalue weighted by molar-refractivity contribution is 4.96. The van der Waals surface area contributed by atoms with Crippen molar-refractivity contribution in [3.63, 3.8) is 0 Å². The van der Waals surface area contributed by atoms with Crippen LogP contribution in [0.25, 0.3) is 0 Å². The number of likely N-dealkylation sites (N-methyl/N-ethyl adjacent to an activating group) is 1. The van der Waals surface area contributed by atoms with E-state index in [2.05, 4.69) is 33.0 Å². The Hall–Kier alpha value is -0.120. The van der Waals surface area contributed by atoms with Crippen LogP contribution in [0, 0.1) is 5.41 Å². The average Bonchev–Trinajstić information content (AvgIpc) is 2.61. The molecule has 0 bridgehead atoms. The summed E-state index contributed by atoms with van der Waals surface area (Å²) in [7, 11) is 0. The number of ether oxygens (including phenoxy) is 1. The summed E-state index contributed by atoms with van der Waals surface area (Å²) in [6.45, 7) is 10.8. The summed E-state index contributed by atoms with van der Waals surface area (Å²) in [6, 6.07) is 0. The van der Waals surface area contributed by atoms with E-state index in [1.165, 1.54) is 0 Å². The van der Waals surface area contributed by atoms with E-state index in [9.17, 15) is 5.11 Å². The highest BCUT2D eigenvalue weighted by atomic mass is 16.5. The summed E-state index contributed by atoms with van der Waals surface area (Å²) < 4.78 is 5.93. The Labute approximate surface area is 106 Å². The summed E-state index contributed by atoms with van der Waals surface area (Å²) in [4.78, 5) is 0. The first kappa shape index (κ1) is 14.9. The van der Waals surface area contributed by atoms with E-state index >= 15 is 0 Å². The highest BCUT2D eigenvalue weighted by Crippen LogP contribution is 2.32. The topological polar surface area (TPSA) is 41.5 Å². The molecule has 102 valence electrons. The molecule has 0 saturated heterocycles. The molecule has 1 rings (SSSR count). The molecule has 17 heavy (non-hydrogen) atoms. The van der Waals surface area contributed by atoms with Crippen LogP contribution >= 0.6 is 0 Å². The van der Waals surface area contributed by atoms with E-state index in [4.69, 9.17) is 4.74 Å². The van der Waals surface area contributed by atoms with Gasteiger partial charge in [-0.2, -0.15) is 0 Å². The maximum absolute atomic E-state index is 9.50. The fraction of sp³-hybridized carbons (Fsp3) is 1.00. The lowest BCUT2D eigenvalue weighted by atomic mass is 9.93. The first-order chi connectivity index (χ1) is 7.91. The Balaban J connectivity index is 2.30. The lowest BCUT2D eigenvalue weighted by Gasteiger charge is -2.28. The van der Waals surface area contributed by atoms with Gasteiger partial charge in [0.05, 0.1) is 12.7 Å². The number of hydrogen-bond donors (Lipinski definition) is 2. The molecule has 0 radical (unpaired) electrons. The number of aliphatic hydroxyl groups is 1. The molecular formula is C14H29NO2. The van der Waals surface area contributed by atoms with Crippen LogP contribution in [0.4, 0.5) is 0 Å². The molecular weight excluding hydrogens is 214 g/mol. The van der Waals surface area contributed by atoms with Crippen LogP contribution in [0.15, 0.2) is 0 Å². The number of rotatable bonds is 6. The summed E-state index contributed by atoms with van der Waals surface area (Å²) in [5.74, 6) is 0. The molecule has 0 aromatic heterocycles. The molecule has 3 nitrogen and oxygen atoms in total. The van der Waals surface area contributed by atoms with Gasteiger partial charge in [0.1, 0.15) is 0 Å². The Morgan fingerprint density at radius 2 is 2.12 bits per heavy atom. The molecule has 1 aliphatic rings. The molecule has 3 heteroatoms. The first-order valence-electron chi connectivity index (χ1n) is 6.88. The fourth-order valence-electron chi connectivity index (χ4n) is 2.49. The maximum atomic E-state index is 9.50. The van der Waals surface area contributed by atoms with Gasteiger partial charge >= 0.3 is 0 Å². The fourth-order valence-corrected chi connectivity index (χ4v) is 2.49. The predicted molar refractivity (Wildman–Crippen MR) is 71.2 cm³/mol. The Morgan fingerprint density at radius 3 is 2.65 bits per heavy atom. The smallest absolute Gasteiger partial charge is 0.0614 e. The van der Waals surface area contributed by atoms with Crippen molar-refractivity contribution in [2.24, 2.45) is 5.41 Å². The van der Waals surface area contributed by atoms with E-state index in [1.807, 2.05) is 0 Å². The second-order valence-corrected chi connectivity index (χ2v) is 6.52. The minimum Gasteiger partial charge on any atom is -0.394 e. The van der Waals surface area contributed by atoms with Crippen LogP contribution < -0.4 is 5.32 Å². The van der Waals surface area contributed by atoms with E-state index in [-0.39, 0.29) is 12.1 Å². The second kappa shape index (κ2) is 6.17. The molecule has 0 heterocycles. The molecule has 2 unspecified atom stereocenters. The van der Waals surface area contributed by atoms with Crippen molar-refractivity contribution in [2.75, 3.05) is 19.8 Å². The highest BCUT2D eigenvalue weighted by Gasteiger charge is 2.38. The van der Waals surface area contributed by atoms with Crippen molar-refractivity contribution in [1.29, 1.82) is 0 Å². The monoisotopic (exact) mass is 243 g/mol. The summed E-state index contributed by atoms with van der Waals surface area (Å²) in [6.07, 6.45) is 4.46. The van der Waals surface area contributed by atoms with Gasteiger partial charge in [-0.1, -0.05) is 27.7 Å². The van der Waals surface area contributed by atoms with Crippen LogP contribution in [0.5, 0.6) is 0 Å². The molecule has 0 aromatic carbocycles. The minimum absolute atomic E-state index is 0.0822. The summed E-state index contributed by atoms with van der Waals surface area (Å²) in [5, 5.41) is 12.9. The summed E-state index contributed by atoms with van der Waals surface area (Å²) >= 11 is 0. The molecule has 1 saturated carbocycles. The third kappa shape index (κ3) is 4.94. The van der Waals surface area contributed by atoms with Crippen LogP contribution in [0.1, 0.15) is 53.4 Å². The molecule has 1 aliphatic carbocycles. The van der Waals surface area contributed by atoms with Crippen LogP contribution in [0.3, 0.4) is 0 Å². The third-order valence-corrected chi connectivity index (χ3v) is 3.62. The van der Waals surface area contributed by atoms with Crippen molar-refractivity contribution in [3.8, 4) is 0 Å². The van der Waals surface area contributed by atoms with Gasteiger partial charge in [0.25, 0.3) is 0 Å². The second-order valence-electron chi connectivity index (χ2n) is 6.52. The van der Waals surface area contributed by atoms with Crippen molar-refractivity contribution < 1.29 is 9.84 Å². The first-order valence-corrected chi connectivity index (χ1v) is 6.88. The molecule has 1 fully saturated rings. The van der Waals surface area contributed by atoms with Crippen molar-refractivity contribution in [2.45, 2.75) is 65.0 Å². The zero-order valence-electron chi connectivity index (χ0n) is 11.9. The largest absolute Gasteiger partial charge is 0.394 e. The van der Waals surface area contributed by atoms with Crippen molar-refractivity contribution in [1.82, 2.24) is 5.32 Å². The Kier molecular flexibility index (Phi) is 5.42. The van der Waals surface area contributed by atoms with Gasteiger partial charge in [-0.3, -0.25) is 0 Å². The van der Waals surface area contributed by atoms with Gasteiger partial charge in [-0.15, -0.1) is 0 Å². The van der Waals surface area contributed by atoms with E-state index < -0.39 is 0 Å². The van der Waals surface area contributed by atoms with Gasteiger partial charge < -0.3 is 15.2 Å². The number of aliphatic hydroxyl groups excluding tert-OH is 1. The molecule has 0 amide bonds. The zero-order valence-corrected chi connectivity index (χ0v) is 11.9. The Bertz CT molecular complexity index is 225. The van der Waals surface area contributed by atoms with Crippen LogP contribution in [-0.4, -0.2) is 36.5 Å². The normalized spacial score (nSPS) is 29.8. The molecule has 2 N–H and O–H groups in total. The molecule has 2 atom stereocenters.